The van der Waals surface area contributed by atoms with Crippen LogP contribution in [-0.2, 0) is 46.0 Å². The molecule has 29 heteroatoms. The summed E-state index contributed by atoms with van der Waals surface area (Å²) < 4.78 is 52.4. The topological polar surface area (TPSA) is 373 Å². The summed E-state index contributed by atoms with van der Waals surface area (Å²) in [6, 6.07) is 0.235. The maximum absolute atomic E-state index is 12.5. The summed E-state index contributed by atoms with van der Waals surface area (Å²) in [7, 11) is -16.9. The fraction of sp³-hybridized carbons (Fsp3) is 0.688. The normalized spacial score (nSPS) is 24.4. The minimum Gasteiger partial charge on any atom is -0.390 e. The minimum atomic E-state index is -5.77. The number of fused-ring (bicyclic) bond motifs is 1. The SMILES string of the molecule is O=C(CCCCCNC(=O)CCCNC(=O)CCCCC1SCC2NC(=O)NC21)NC/C=C/c1cn(C2CC(O)C(COP(=O)(O)OP(=O)(O)OP(=O)(O)O)O2)c(=O)[nH]c1=O. The second-order valence-electron chi connectivity index (χ2n) is 14.3. The van der Waals surface area contributed by atoms with Gasteiger partial charge in [-0.1, -0.05) is 25.0 Å². The van der Waals surface area contributed by atoms with E-state index >= 15 is 0 Å². The molecule has 3 aliphatic heterocycles. The van der Waals surface area contributed by atoms with Crippen LogP contribution in [0.5, 0.6) is 0 Å². The number of aliphatic hydroxyl groups is 1. The highest BCUT2D eigenvalue weighted by Gasteiger charge is 2.44. The second-order valence-corrected chi connectivity index (χ2v) is 20.0. The van der Waals surface area contributed by atoms with E-state index in [1.165, 1.54) is 12.2 Å². The molecular formula is C32H52N7O18P3S. The smallest absolute Gasteiger partial charge is 0.390 e. The van der Waals surface area contributed by atoms with Gasteiger partial charge in [0.2, 0.25) is 17.7 Å². The number of hydrogen-bond donors (Lipinski definition) is 11. The molecule has 3 saturated heterocycles. The summed E-state index contributed by atoms with van der Waals surface area (Å²) in [5.74, 6) is 0.472. The lowest BCUT2D eigenvalue weighted by atomic mass is 10.0. The number of hydrogen-bond acceptors (Lipinski definition) is 15. The monoisotopic (exact) mass is 947 g/mol. The van der Waals surface area contributed by atoms with Gasteiger partial charge in [-0.2, -0.15) is 20.4 Å². The van der Waals surface area contributed by atoms with Crippen LogP contribution in [-0.4, -0.2) is 120 Å². The zero-order valence-corrected chi connectivity index (χ0v) is 36.3. The molecule has 3 aliphatic rings. The van der Waals surface area contributed by atoms with Gasteiger partial charge >= 0.3 is 35.2 Å². The van der Waals surface area contributed by atoms with Crippen molar-refractivity contribution in [2.75, 3.05) is 32.0 Å². The lowest BCUT2D eigenvalue weighted by Gasteiger charge is -2.19. The van der Waals surface area contributed by atoms with E-state index in [2.05, 4.69) is 44.7 Å². The molecule has 1 aromatic heterocycles. The fourth-order valence-electron chi connectivity index (χ4n) is 6.53. The summed E-state index contributed by atoms with van der Waals surface area (Å²) in [6.07, 6.45) is 5.45. The van der Waals surface area contributed by atoms with E-state index in [9.17, 15) is 57.4 Å². The summed E-state index contributed by atoms with van der Waals surface area (Å²) in [5, 5.41) is 24.9. The van der Waals surface area contributed by atoms with Crippen molar-refractivity contribution in [3.63, 3.8) is 0 Å². The molecule has 5 amide bonds. The van der Waals surface area contributed by atoms with Crippen molar-refractivity contribution in [1.29, 1.82) is 0 Å². The van der Waals surface area contributed by atoms with Crippen LogP contribution in [0.25, 0.3) is 6.08 Å². The lowest BCUT2D eigenvalue weighted by molar-refractivity contribution is -0.123. The second kappa shape index (κ2) is 23.5. The number of phosphoric ester groups is 1. The molecule has 3 fully saturated rings. The van der Waals surface area contributed by atoms with Crippen molar-refractivity contribution in [1.82, 2.24) is 36.1 Å². The number of nitrogens with one attached hydrogen (secondary N) is 6. The van der Waals surface area contributed by atoms with Gasteiger partial charge in [-0.25, -0.2) is 23.3 Å². The molecule has 11 N–H and O–H groups in total. The summed E-state index contributed by atoms with van der Waals surface area (Å²) in [6.45, 7) is -0.0728. The number of nitrogens with zero attached hydrogens (tertiary/aromatic N) is 1. The van der Waals surface area contributed by atoms with Crippen molar-refractivity contribution in [2.24, 2.45) is 0 Å². The Morgan fingerprint density at radius 3 is 2.23 bits per heavy atom. The van der Waals surface area contributed by atoms with Gasteiger partial charge in [0.05, 0.1) is 30.4 Å². The molecule has 0 aliphatic carbocycles. The number of amides is 5. The van der Waals surface area contributed by atoms with Crippen LogP contribution in [0.15, 0.2) is 21.9 Å². The Bertz CT molecular complexity index is 2000. The molecule has 0 saturated carbocycles. The summed E-state index contributed by atoms with van der Waals surface area (Å²) in [5.41, 5.74) is -1.74. The molecule has 25 nitrogen and oxygen atoms in total. The number of urea groups is 1. The van der Waals surface area contributed by atoms with E-state index < -0.39 is 59.8 Å². The molecule has 8 unspecified atom stereocenters. The van der Waals surface area contributed by atoms with Gasteiger partial charge in [0.15, 0.2) is 0 Å². The van der Waals surface area contributed by atoms with Gasteiger partial charge in [0, 0.05) is 62.5 Å². The van der Waals surface area contributed by atoms with Crippen molar-refractivity contribution < 1.29 is 75.4 Å². The third-order valence-electron chi connectivity index (χ3n) is 9.43. The van der Waals surface area contributed by atoms with E-state index in [1.54, 1.807) is 0 Å². The molecule has 4 heterocycles. The quantitative estimate of drug-likeness (QED) is 0.0330. The van der Waals surface area contributed by atoms with E-state index in [4.69, 9.17) is 14.5 Å². The number of ether oxygens (including phenoxy) is 1. The Morgan fingerprint density at radius 2 is 1.52 bits per heavy atom. The van der Waals surface area contributed by atoms with Gasteiger partial charge in [0.1, 0.15) is 12.3 Å². The zero-order valence-electron chi connectivity index (χ0n) is 32.8. The predicted molar refractivity (Wildman–Crippen MR) is 215 cm³/mol. The van der Waals surface area contributed by atoms with Gasteiger partial charge < -0.3 is 56.0 Å². The van der Waals surface area contributed by atoms with E-state index in [1.807, 2.05) is 11.8 Å². The number of aliphatic hydroxyl groups excluding tert-OH is 1. The summed E-state index contributed by atoms with van der Waals surface area (Å²) >= 11 is 1.85. The average molecular weight is 948 g/mol. The third-order valence-corrected chi connectivity index (χ3v) is 14.7. The van der Waals surface area contributed by atoms with Gasteiger partial charge in [-0.3, -0.25) is 33.3 Å². The number of unbranched alkanes of at least 4 members (excludes halogenated alkanes) is 3. The van der Waals surface area contributed by atoms with Crippen LogP contribution in [0, 0.1) is 0 Å². The van der Waals surface area contributed by atoms with Gasteiger partial charge in [-0.15, -0.1) is 0 Å². The number of rotatable bonds is 26. The number of carbonyl (C=O) groups excluding carboxylic acids is 4. The fourth-order valence-corrected chi connectivity index (χ4v) is 11.1. The third kappa shape index (κ3) is 17.8. The van der Waals surface area contributed by atoms with E-state index in [0.29, 0.717) is 50.4 Å². The zero-order chi connectivity index (χ0) is 44.8. The first kappa shape index (κ1) is 50.4. The lowest BCUT2D eigenvalue weighted by Crippen LogP contribution is -2.36. The first-order valence-corrected chi connectivity index (χ1v) is 24.9. The summed E-state index contributed by atoms with van der Waals surface area (Å²) in [4.78, 5) is 111. The Labute approximate surface area is 353 Å². The Hall–Kier alpha value is -3.22. The minimum absolute atomic E-state index is 0.0327. The van der Waals surface area contributed by atoms with Gasteiger partial charge in [0.25, 0.3) is 5.56 Å². The van der Waals surface area contributed by atoms with Crippen LogP contribution >= 0.6 is 35.2 Å². The first-order valence-electron chi connectivity index (χ1n) is 19.3. The highest BCUT2D eigenvalue weighted by molar-refractivity contribution is 8.00. The van der Waals surface area contributed by atoms with Crippen molar-refractivity contribution >= 4 is 65.1 Å². The number of aromatic amines is 1. The molecule has 61 heavy (non-hydrogen) atoms. The Kier molecular flexibility index (Phi) is 19.4. The number of thioether (sulfide) groups is 1. The predicted octanol–water partition coefficient (Wildman–Crippen LogP) is -0.0435. The Morgan fingerprint density at radius 1 is 0.869 bits per heavy atom. The molecule has 0 spiro atoms. The number of phosphoric acid groups is 3. The van der Waals surface area contributed by atoms with Crippen LogP contribution in [0.4, 0.5) is 4.79 Å². The molecule has 0 radical (unpaired) electrons. The van der Waals surface area contributed by atoms with Crippen LogP contribution in [0.1, 0.15) is 82.4 Å². The Balaban J connectivity index is 1.03. The van der Waals surface area contributed by atoms with Crippen molar-refractivity contribution in [3.8, 4) is 0 Å². The average Bonchev–Trinajstić information content (AvgIpc) is 3.83. The van der Waals surface area contributed by atoms with Crippen molar-refractivity contribution in [3.05, 3.63) is 38.7 Å². The molecule has 4 rings (SSSR count). The maximum Gasteiger partial charge on any atom is 0.490 e. The maximum atomic E-state index is 12.5. The molecule has 8 atom stereocenters. The largest absolute Gasteiger partial charge is 0.490 e. The number of carbonyl (C=O) groups is 4. The molecule has 1 aromatic rings. The molecule has 344 valence electrons. The van der Waals surface area contributed by atoms with Crippen LogP contribution in [0.3, 0.4) is 0 Å². The number of aromatic nitrogens is 2. The molecule has 0 aromatic carbocycles. The van der Waals surface area contributed by atoms with Crippen molar-refractivity contribution in [2.45, 2.75) is 106 Å². The molecule has 0 bridgehead atoms. The highest BCUT2D eigenvalue weighted by Crippen LogP contribution is 2.66. The molecular weight excluding hydrogens is 895 g/mol. The van der Waals surface area contributed by atoms with Crippen LogP contribution in [0.2, 0.25) is 0 Å². The van der Waals surface area contributed by atoms with Gasteiger partial charge in [-0.05, 0) is 32.1 Å². The number of H-pyrrole nitrogens is 1. The first-order chi connectivity index (χ1) is 28.7. The van der Waals surface area contributed by atoms with Crippen LogP contribution < -0.4 is 37.8 Å². The standard InChI is InChI=1S/C32H52N7O18P3S/c40-22-16-28(55-23(22)18-54-59(50,51)57-60(52,53)56-58(47,48)49)39-17-20(30(44)38-32(39)46)8-6-14-34-25(41)10-2-1-5-13-33-27(43)12-7-15-35-26(42)11-4-3-9-24-29-21(19-61-24)36-31(45)37-29/h6,8,17,21-24,28-29,40H,1-5,7,9-16,18-19H2,(H,33,43)(H,34,41)(H,35,42)(H,50,51)(H,52,53)(H2,36,37,45)(H,38,44,46)(H2,47,48,49)/b8-6+. The highest BCUT2D eigenvalue weighted by atomic mass is 32.2. The van der Waals surface area contributed by atoms with E-state index in [-0.39, 0.29) is 67.2 Å². The van der Waals surface area contributed by atoms with E-state index in [0.717, 1.165) is 35.8 Å².